The van der Waals surface area contributed by atoms with E-state index in [1.807, 2.05) is 0 Å². The lowest BCUT2D eigenvalue weighted by Crippen LogP contribution is -2.41. The third-order valence-corrected chi connectivity index (χ3v) is 5.67. The molecule has 2 N–H and O–H groups in total. The van der Waals surface area contributed by atoms with Crippen molar-refractivity contribution in [3.8, 4) is 5.75 Å². The zero-order chi connectivity index (χ0) is 22.1. The zero-order valence-electron chi connectivity index (χ0n) is 16.9. The Kier molecular flexibility index (Phi) is 5.73. The largest absolute Gasteiger partial charge is 0.497 e. The van der Waals surface area contributed by atoms with E-state index in [2.05, 4.69) is 5.32 Å². The van der Waals surface area contributed by atoms with Crippen molar-refractivity contribution < 1.29 is 23.4 Å². The van der Waals surface area contributed by atoms with Crippen LogP contribution >= 0.6 is 0 Å². The van der Waals surface area contributed by atoms with E-state index in [-0.39, 0.29) is 17.6 Å². The van der Waals surface area contributed by atoms with E-state index in [0.29, 0.717) is 18.6 Å². The molecule has 1 fully saturated rings. The molecule has 3 aromatic rings. The predicted molar refractivity (Wildman–Crippen MR) is 111 cm³/mol. The number of halogens is 2. The van der Waals surface area contributed by atoms with Crippen LogP contribution in [0.15, 0.2) is 47.4 Å². The number of ether oxygens (including phenoxy) is 1. The third kappa shape index (κ3) is 4.03. The first-order valence-corrected chi connectivity index (χ1v) is 10.0. The molecule has 1 amide bonds. The highest BCUT2D eigenvalue weighted by Gasteiger charge is 2.28. The summed E-state index contributed by atoms with van der Waals surface area (Å²) in [6.07, 6.45) is 2.45. The van der Waals surface area contributed by atoms with Crippen molar-refractivity contribution in [1.29, 1.82) is 0 Å². The standard InChI is InChI=1S/C23H22F2N2O4/c1-31-14-7-5-13(6-8-14)11-27-12-15(23(30)26-18-3-2-4-19(18)28)22(29)20-16(24)9-10-17(25)21(20)27/h5-10,12,18-19,28H,2-4,11H2,1H3,(H,26,30)/t18-,19?/m0/s1. The molecule has 0 spiro atoms. The van der Waals surface area contributed by atoms with Gasteiger partial charge in [0, 0.05) is 12.7 Å². The van der Waals surface area contributed by atoms with Crippen molar-refractivity contribution in [2.75, 3.05) is 7.11 Å². The molecule has 0 bridgehead atoms. The molecule has 0 aliphatic heterocycles. The molecule has 1 heterocycles. The topological polar surface area (TPSA) is 80.6 Å². The molecule has 2 aromatic carbocycles. The Bertz CT molecular complexity index is 1190. The summed E-state index contributed by atoms with van der Waals surface area (Å²) in [4.78, 5) is 25.8. The first kappa shape index (κ1) is 21.0. The first-order valence-electron chi connectivity index (χ1n) is 10.0. The Balaban J connectivity index is 1.81. The molecule has 162 valence electrons. The van der Waals surface area contributed by atoms with Gasteiger partial charge in [-0.2, -0.15) is 0 Å². The minimum Gasteiger partial charge on any atom is -0.497 e. The van der Waals surface area contributed by atoms with Crippen LogP contribution in [0.25, 0.3) is 10.9 Å². The summed E-state index contributed by atoms with van der Waals surface area (Å²) in [5.74, 6) is -1.74. The van der Waals surface area contributed by atoms with Crippen molar-refractivity contribution in [3.05, 3.63) is 75.6 Å². The number of aromatic nitrogens is 1. The van der Waals surface area contributed by atoms with Crippen LogP contribution in [0.4, 0.5) is 8.78 Å². The number of hydrogen-bond donors (Lipinski definition) is 2. The highest BCUT2D eigenvalue weighted by molar-refractivity contribution is 5.97. The predicted octanol–water partition coefficient (Wildman–Crippen LogP) is 2.98. The number of carbonyl (C=O) groups excluding carboxylic acids is 1. The number of carbonyl (C=O) groups is 1. The normalized spacial score (nSPS) is 18.3. The average Bonchev–Trinajstić information content (AvgIpc) is 3.16. The van der Waals surface area contributed by atoms with Crippen molar-refractivity contribution in [1.82, 2.24) is 9.88 Å². The van der Waals surface area contributed by atoms with Crippen molar-refractivity contribution in [2.24, 2.45) is 0 Å². The number of rotatable bonds is 5. The summed E-state index contributed by atoms with van der Waals surface area (Å²) < 4.78 is 35.7. The number of nitrogens with one attached hydrogen (secondary N) is 1. The number of amides is 1. The van der Waals surface area contributed by atoms with Gasteiger partial charge in [-0.3, -0.25) is 9.59 Å². The molecule has 8 heteroatoms. The Morgan fingerprint density at radius 2 is 1.87 bits per heavy atom. The number of benzene rings is 2. The summed E-state index contributed by atoms with van der Waals surface area (Å²) in [5, 5.41) is 12.2. The molecular formula is C23H22F2N2O4. The van der Waals surface area contributed by atoms with E-state index in [1.54, 1.807) is 24.3 Å². The van der Waals surface area contributed by atoms with Gasteiger partial charge in [-0.05, 0) is 49.1 Å². The van der Waals surface area contributed by atoms with Crippen LogP contribution in [0.5, 0.6) is 5.75 Å². The van der Waals surface area contributed by atoms with Gasteiger partial charge >= 0.3 is 0 Å². The maximum Gasteiger partial charge on any atom is 0.257 e. The first-order chi connectivity index (χ1) is 14.9. The van der Waals surface area contributed by atoms with Crippen LogP contribution in [0.2, 0.25) is 0 Å². The molecule has 6 nitrogen and oxygen atoms in total. The minimum atomic E-state index is -0.902. The number of aliphatic hydroxyl groups excluding tert-OH is 1. The highest BCUT2D eigenvalue weighted by atomic mass is 19.1. The molecule has 1 aromatic heterocycles. The fraction of sp³-hybridized carbons (Fsp3) is 0.304. The zero-order valence-corrected chi connectivity index (χ0v) is 16.9. The molecule has 1 aliphatic carbocycles. The molecule has 1 saturated carbocycles. The van der Waals surface area contributed by atoms with E-state index in [1.165, 1.54) is 17.9 Å². The van der Waals surface area contributed by atoms with Crippen molar-refractivity contribution in [2.45, 2.75) is 38.0 Å². The lowest BCUT2D eigenvalue weighted by Gasteiger charge is -2.18. The molecule has 0 radical (unpaired) electrons. The molecule has 31 heavy (non-hydrogen) atoms. The Morgan fingerprint density at radius 3 is 2.52 bits per heavy atom. The third-order valence-electron chi connectivity index (χ3n) is 5.67. The van der Waals surface area contributed by atoms with Gasteiger partial charge in [-0.15, -0.1) is 0 Å². The molecular weight excluding hydrogens is 406 g/mol. The van der Waals surface area contributed by atoms with Crippen LogP contribution in [0.3, 0.4) is 0 Å². The second kappa shape index (κ2) is 8.47. The van der Waals surface area contributed by atoms with Gasteiger partial charge in [0.25, 0.3) is 5.91 Å². The van der Waals surface area contributed by atoms with Gasteiger partial charge in [0.05, 0.1) is 30.2 Å². The van der Waals surface area contributed by atoms with Gasteiger partial charge in [0.15, 0.2) is 0 Å². The second-order valence-electron chi connectivity index (χ2n) is 7.68. The summed E-state index contributed by atoms with van der Waals surface area (Å²) in [6.45, 7) is 0.105. The SMILES string of the molecule is COc1ccc(Cn2cc(C(=O)N[C@H]3CCCC3O)c(=O)c3c(F)ccc(F)c32)cc1. The maximum absolute atomic E-state index is 14.7. The number of methoxy groups -OCH3 is 1. The summed E-state index contributed by atoms with van der Waals surface area (Å²) in [5.41, 5.74) is -0.655. The number of pyridine rings is 1. The molecule has 0 saturated heterocycles. The van der Waals surface area contributed by atoms with Crippen LogP contribution in [-0.4, -0.2) is 34.8 Å². The van der Waals surface area contributed by atoms with E-state index in [4.69, 9.17) is 4.74 Å². The Hall–Kier alpha value is -3.26. The maximum atomic E-state index is 14.7. The van der Waals surface area contributed by atoms with E-state index >= 15 is 0 Å². The van der Waals surface area contributed by atoms with Crippen molar-refractivity contribution >= 4 is 16.8 Å². The van der Waals surface area contributed by atoms with Crippen molar-refractivity contribution in [3.63, 3.8) is 0 Å². The molecule has 1 aliphatic rings. The number of hydrogen-bond acceptors (Lipinski definition) is 4. The van der Waals surface area contributed by atoms with Gasteiger partial charge < -0.3 is 19.7 Å². The average molecular weight is 428 g/mol. The molecule has 1 unspecified atom stereocenters. The smallest absolute Gasteiger partial charge is 0.257 e. The Morgan fingerprint density at radius 1 is 1.16 bits per heavy atom. The minimum absolute atomic E-state index is 0.105. The lowest BCUT2D eigenvalue weighted by atomic mass is 10.1. The number of nitrogens with zero attached hydrogens (tertiary/aromatic N) is 1. The Labute approximate surface area is 177 Å². The molecule has 4 rings (SSSR count). The summed E-state index contributed by atoms with van der Waals surface area (Å²) in [6, 6.07) is 8.33. The van der Waals surface area contributed by atoms with Gasteiger partial charge in [-0.1, -0.05) is 12.1 Å². The lowest BCUT2D eigenvalue weighted by molar-refractivity contribution is 0.0871. The van der Waals surface area contributed by atoms with Crippen LogP contribution in [0, 0.1) is 11.6 Å². The highest BCUT2D eigenvalue weighted by Crippen LogP contribution is 2.23. The second-order valence-corrected chi connectivity index (χ2v) is 7.68. The van der Waals surface area contributed by atoms with Gasteiger partial charge in [0.2, 0.25) is 5.43 Å². The van der Waals surface area contributed by atoms with E-state index in [0.717, 1.165) is 24.1 Å². The quantitative estimate of drug-likeness (QED) is 0.655. The summed E-state index contributed by atoms with van der Waals surface area (Å²) in [7, 11) is 1.54. The van der Waals surface area contributed by atoms with Crippen LogP contribution in [-0.2, 0) is 6.54 Å². The number of aliphatic hydroxyl groups is 1. The molecule has 2 atom stereocenters. The fourth-order valence-electron chi connectivity index (χ4n) is 4.02. The van der Waals surface area contributed by atoms with Crippen LogP contribution < -0.4 is 15.5 Å². The van der Waals surface area contributed by atoms with E-state index < -0.39 is 40.5 Å². The fourth-order valence-corrected chi connectivity index (χ4v) is 4.02. The van der Waals surface area contributed by atoms with E-state index in [9.17, 15) is 23.5 Å². The monoisotopic (exact) mass is 428 g/mol. The van der Waals surface area contributed by atoms with Gasteiger partial charge in [-0.25, -0.2) is 8.78 Å². The van der Waals surface area contributed by atoms with Crippen LogP contribution in [0.1, 0.15) is 35.2 Å². The number of fused-ring (bicyclic) bond motifs is 1. The van der Waals surface area contributed by atoms with Gasteiger partial charge in [0.1, 0.15) is 22.9 Å². The summed E-state index contributed by atoms with van der Waals surface area (Å²) >= 11 is 0.